The largest absolute Gasteiger partial charge is 0.339 e. The Morgan fingerprint density at radius 2 is 1.96 bits per heavy atom. The zero-order valence-corrected chi connectivity index (χ0v) is 15.4. The highest BCUT2D eigenvalue weighted by atomic mass is 35.5. The third-order valence-corrected chi connectivity index (χ3v) is 5.11. The minimum absolute atomic E-state index is 0. The molecule has 1 aromatic carbocycles. The SMILES string of the molecule is CC1CC(CN)CN1C(=O)CSCC(=O)c1ccc(Cl)cc1.Cl. The Labute approximate surface area is 152 Å². The standard InChI is InChI=1S/C16H21ClN2O2S.ClH/c1-11-6-12(7-18)8-19(11)16(21)10-22-9-15(20)13-2-4-14(17)5-3-13;/h2-5,11-12H,6-10,18H2,1H3;1H. The first kappa shape index (κ1) is 20.3. The lowest BCUT2D eigenvalue weighted by atomic mass is 10.1. The number of nitrogens with zero attached hydrogens (tertiary/aromatic N) is 1. The topological polar surface area (TPSA) is 63.4 Å². The Hall–Kier alpha value is -0.750. The number of benzene rings is 1. The molecule has 23 heavy (non-hydrogen) atoms. The maximum Gasteiger partial charge on any atom is 0.232 e. The highest BCUT2D eigenvalue weighted by Gasteiger charge is 2.31. The molecule has 0 saturated carbocycles. The number of carbonyl (C=O) groups is 2. The number of Topliss-reactive ketones (excluding diaryl/α,β-unsaturated/α-hetero) is 1. The Kier molecular flexibility index (Phi) is 8.40. The van der Waals surface area contributed by atoms with E-state index in [0.29, 0.717) is 34.6 Å². The highest BCUT2D eigenvalue weighted by molar-refractivity contribution is 8.00. The monoisotopic (exact) mass is 376 g/mol. The first-order valence-electron chi connectivity index (χ1n) is 7.37. The molecule has 2 unspecified atom stereocenters. The molecule has 1 amide bonds. The van der Waals surface area contributed by atoms with Crippen molar-refractivity contribution in [1.29, 1.82) is 0 Å². The van der Waals surface area contributed by atoms with Crippen LogP contribution in [0.4, 0.5) is 0 Å². The minimum Gasteiger partial charge on any atom is -0.339 e. The summed E-state index contributed by atoms with van der Waals surface area (Å²) in [6, 6.07) is 7.06. The first-order valence-corrected chi connectivity index (χ1v) is 8.90. The van der Waals surface area contributed by atoms with Crippen molar-refractivity contribution in [2.24, 2.45) is 11.7 Å². The molecular weight excluding hydrogens is 355 g/mol. The lowest BCUT2D eigenvalue weighted by Crippen LogP contribution is -2.35. The predicted molar refractivity (Wildman–Crippen MR) is 98.7 cm³/mol. The number of hydrogen-bond acceptors (Lipinski definition) is 4. The van der Waals surface area contributed by atoms with Crippen LogP contribution in [0.15, 0.2) is 24.3 Å². The highest BCUT2D eigenvalue weighted by Crippen LogP contribution is 2.23. The summed E-state index contributed by atoms with van der Waals surface area (Å²) < 4.78 is 0. The van der Waals surface area contributed by atoms with Crippen LogP contribution in [0.25, 0.3) is 0 Å². The number of rotatable bonds is 6. The second-order valence-corrected chi connectivity index (χ2v) is 7.08. The summed E-state index contributed by atoms with van der Waals surface area (Å²) in [5.74, 6) is 1.15. The van der Waals surface area contributed by atoms with Gasteiger partial charge in [0.2, 0.25) is 5.91 Å². The number of hydrogen-bond donors (Lipinski definition) is 1. The van der Waals surface area contributed by atoms with Crippen LogP contribution in [0.1, 0.15) is 23.7 Å². The van der Waals surface area contributed by atoms with Crippen LogP contribution in [-0.4, -0.2) is 47.2 Å². The molecule has 1 aromatic rings. The van der Waals surface area contributed by atoms with E-state index in [0.717, 1.165) is 13.0 Å². The van der Waals surface area contributed by atoms with Crippen molar-refractivity contribution < 1.29 is 9.59 Å². The summed E-state index contributed by atoms with van der Waals surface area (Å²) in [4.78, 5) is 26.1. The number of carbonyl (C=O) groups excluding carboxylic acids is 2. The van der Waals surface area contributed by atoms with E-state index in [2.05, 4.69) is 6.92 Å². The van der Waals surface area contributed by atoms with E-state index in [1.54, 1.807) is 24.3 Å². The van der Waals surface area contributed by atoms with Crippen molar-refractivity contribution in [1.82, 2.24) is 4.90 Å². The molecule has 128 valence electrons. The Bertz CT molecular complexity index is 539. The molecule has 0 bridgehead atoms. The maximum atomic E-state index is 12.2. The molecule has 2 N–H and O–H groups in total. The zero-order chi connectivity index (χ0) is 16.1. The van der Waals surface area contributed by atoms with Gasteiger partial charge in [-0.3, -0.25) is 9.59 Å². The Balaban J connectivity index is 0.00000264. The summed E-state index contributed by atoms with van der Waals surface area (Å²) in [5.41, 5.74) is 6.30. The molecule has 4 nitrogen and oxygen atoms in total. The van der Waals surface area contributed by atoms with Gasteiger partial charge in [-0.1, -0.05) is 11.6 Å². The molecule has 0 aromatic heterocycles. The average Bonchev–Trinajstić information content (AvgIpc) is 2.89. The predicted octanol–water partition coefficient (Wildman–Crippen LogP) is 2.87. The quantitative estimate of drug-likeness (QED) is 0.775. The third kappa shape index (κ3) is 5.68. The van der Waals surface area contributed by atoms with Gasteiger partial charge in [-0.2, -0.15) is 0 Å². The molecule has 0 spiro atoms. The molecule has 1 aliphatic heterocycles. The van der Waals surface area contributed by atoms with Crippen LogP contribution in [0.3, 0.4) is 0 Å². The van der Waals surface area contributed by atoms with Crippen molar-refractivity contribution >= 4 is 47.5 Å². The number of halogens is 2. The molecule has 7 heteroatoms. The van der Waals surface area contributed by atoms with Gasteiger partial charge >= 0.3 is 0 Å². The van der Waals surface area contributed by atoms with E-state index < -0.39 is 0 Å². The Morgan fingerprint density at radius 3 is 2.52 bits per heavy atom. The fourth-order valence-corrected chi connectivity index (χ4v) is 3.61. The van der Waals surface area contributed by atoms with Gasteiger partial charge in [-0.05, 0) is 50.1 Å². The maximum absolute atomic E-state index is 12.2. The number of ketones is 1. The fraction of sp³-hybridized carbons (Fsp3) is 0.500. The summed E-state index contributed by atoms with van der Waals surface area (Å²) in [6.45, 7) is 3.41. The summed E-state index contributed by atoms with van der Waals surface area (Å²) in [6.07, 6.45) is 0.969. The van der Waals surface area contributed by atoms with Gasteiger partial charge in [0.25, 0.3) is 0 Å². The number of nitrogens with two attached hydrogens (primary N) is 1. The van der Waals surface area contributed by atoms with Gasteiger partial charge < -0.3 is 10.6 Å². The summed E-state index contributed by atoms with van der Waals surface area (Å²) >= 11 is 7.16. The van der Waals surface area contributed by atoms with Crippen LogP contribution in [0.2, 0.25) is 5.02 Å². The van der Waals surface area contributed by atoms with E-state index in [-0.39, 0.29) is 30.1 Å². The molecule has 1 aliphatic rings. The van der Waals surface area contributed by atoms with Gasteiger partial charge in [-0.25, -0.2) is 0 Å². The van der Waals surface area contributed by atoms with E-state index >= 15 is 0 Å². The molecule has 1 saturated heterocycles. The fourth-order valence-electron chi connectivity index (χ4n) is 2.69. The van der Waals surface area contributed by atoms with Crippen LogP contribution in [0, 0.1) is 5.92 Å². The summed E-state index contributed by atoms with van der Waals surface area (Å²) in [7, 11) is 0. The van der Waals surface area contributed by atoms with Crippen LogP contribution in [0.5, 0.6) is 0 Å². The summed E-state index contributed by atoms with van der Waals surface area (Å²) in [5, 5.41) is 0.608. The second-order valence-electron chi connectivity index (χ2n) is 5.66. The third-order valence-electron chi connectivity index (χ3n) is 3.94. The number of thioether (sulfide) groups is 1. The molecule has 2 rings (SSSR count). The zero-order valence-electron chi connectivity index (χ0n) is 13.0. The molecule has 2 atom stereocenters. The van der Waals surface area contributed by atoms with Crippen LogP contribution in [-0.2, 0) is 4.79 Å². The van der Waals surface area contributed by atoms with Gasteiger partial charge in [0, 0.05) is 23.2 Å². The van der Waals surface area contributed by atoms with E-state index in [1.807, 2.05) is 4.90 Å². The van der Waals surface area contributed by atoms with Crippen molar-refractivity contribution in [3.8, 4) is 0 Å². The van der Waals surface area contributed by atoms with Crippen molar-refractivity contribution in [3.05, 3.63) is 34.9 Å². The number of amides is 1. The van der Waals surface area contributed by atoms with Gasteiger partial charge in [0.1, 0.15) is 0 Å². The van der Waals surface area contributed by atoms with Crippen molar-refractivity contribution in [2.75, 3.05) is 24.6 Å². The van der Waals surface area contributed by atoms with Gasteiger partial charge in [-0.15, -0.1) is 24.2 Å². The second kappa shape index (κ2) is 9.52. The normalized spacial score (nSPS) is 20.2. The average molecular weight is 377 g/mol. The van der Waals surface area contributed by atoms with E-state index in [9.17, 15) is 9.59 Å². The smallest absolute Gasteiger partial charge is 0.232 e. The molecular formula is C16H22Cl2N2O2S. The number of likely N-dealkylation sites (tertiary alicyclic amines) is 1. The molecule has 1 heterocycles. The Morgan fingerprint density at radius 1 is 1.30 bits per heavy atom. The lowest BCUT2D eigenvalue weighted by Gasteiger charge is -2.21. The van der Waals surface area contributed by atoms with E-state index in [4.69, 9.17) is 17.3 Å². The van der Waals surface area contributed by atoms with Gasteiger partial charge in [0.05, 0.1) is 11.5 Å². The van der Waals surface area contributed by atoms with Crippen molar-refractivity contribution in [3.63, 3.8) is 0 Å². The molecule has 0 radical (unpaired) electrons. The first-order chi connectivity index (χ1) is 10.5. The minimum atomic E-state index is 0. The lowest BCUT2D eigenvalue weighted by molar-refractivity contribution is -0.128. The van der Waals surface area contributed by atoms with Crippen LogP contribution >= 0.6 is 35.8 Å². The van der Waals surface area contributed by atoms with Crippen LogP contribution < -0.4 is 5.73 Å². The molecule has 1 fully saturated rings. The van der Waals surface area contributed by atoms with Gasteiger partial charge in [0.15, 0.2) is 5.78 Å². The van der Waals surface area contributed by atoms with Crippen molar-refractivity contribution in [2.45, 2.75) is 19.4 Å². The van der Waals surface area contributed by atoms with E-state index in [1.165, 1.54) is 11.8 Å². The molecule has 0 aliphatic carbocycles.